The third-order valence-corrected chi connectivity index (χ3v) is 2.41. The summed E-state index contributed by atoms with van der Waals surface area (Å²) in [4.78, 5) is 11.5. The fourth-order valence-electron chi connectivity index (χ4n) is 1.44. The minimum absolute atomic E-state index is 0.0490. The van der Waals surface area contributed by atoms with E-state index >= 15 is 0 Å². The van der Waals surface area contributed by atoms with Crippen LogP contribution in [0.3, 0.4) is 0 Å². The van der Waals surface area contributed by atoms with Crippen molar-refractivity contribution in [3.05, 3.63) is 29.3 Å². The number of hydrogen-bond donors (Lipinski definition) is 2. The number of phenolic OH excluding ortho intramolecular Hbond substituents is 2. The molecular weight excluding hydrogens is 232 g/mol. The lowest BCUT2D eigenvalue weighted by atomic mass is 10.1. The monoisotopic (exact) mass is 250 g/mol. The lowest BCUT2D eigenvalue weighted by Crippen LogP contribution is -2.00. The highest BCUT2D eigenvalue weighted by atomic mass is 16.5. The molecule has 4 heteroatoms. The molecule has 0 saturated carbocycles. The molecule has 0 bridgehead atoms. The molecule has 0 saturated heterocycles. The fraction of sp³-hybridized carbons (Fsp3) is 0.357. The summed E-state index contributed by atoms with van der Waals surface area (Å²) in [5.41, 5.74) is 1.06. The Labute approximate surface area is 107 Å². The van der Waals surface area contributed by atoms with E-state index in [2.05, 4.69) is 0 Å². The van der Waals surface area contributed by atoms with Gasteiger partial charge in [0.25, 0.3) is 0 Å². The Morgan fingerprint density at radius 1 is 1.28 bits per heavy atom. The molecule has 0 atom stereocenters. The summed E-state index contributed by atoms with van der Waals surface area (Å²) in [6.45, 7) is 5.91. The van der Waals surface area contributed by atoms with E-state index in [9.17, 15) is 15.0 Å². The van der Waals surface area contributed by atoms with Crippen LogP contribution < -0.4 is 4.74 Å². The number of hydrogen-bond acceptors (Lipinski definition) is 4. The first-order chi connectivity index (χ1) is 8.45. The quantitative estimate of drug-likeness (QED) is 0.622. The van der Waals surface area contributed by atoms with Crippen molar-refractivity contribution in [3.63, 3.8) is 0 Å². The van der Waals surface area contributed by atoms with E-state index < -0.39 is 0 Å². The van der Waals surface area contributed by atoms with E-state index in [-0.39, 0.29) is 29.3 Å². The van der Waals surface area contributed by atoms with Gasteiger partial charge in [-0.2, -0.15) is 0 Å². The number of allylic oxidation sites excluding steroid dienone is 1. The maximum Gasteiger partial charge on any atom is 0.170 e. The molecule has 1 aromatic carbocycles. The summed E-state index contributed by atoms with van der Waals surface area (Å²) in [5.74, 6) is -0.487. The predicted molar refractivity (Wildman–Crippen MR) is 69.3 cm³/mol. The Bertz CT molecular complexity index is 448. The molecule has 0 amide bonds. The lowest BCUT2D eigenvalue weighted by molar-refractivity contribution is 0.0983. The molecule has 0 radical (unpaired) electrons. The number of Topliss-reactive ketones (excluding diaryl/α,β-unsaturated/α-hetero) is 1. The van der Waals surface area contributed by atoms with Crippen LogP contribution in [0.4, 0.5) is 0 Å². The molecule has 0 aromatic heterocycles. The number of carbonyl (C=O) groups excluding carboxylic acids is 1. The molecule has 0 aliphatic rings. The van der Waals surface area contributed by atoms with E-state index in [1.165, 1.54) is 12.1 Å². The van der Waals surface area contributed by atoms with Crippen LogP contribution in [0.2, 0.25) is 0 Å². The van der Waals surface area contributed by atoms with Crippen molar-refractivity contribution < 1.29 is 19.7 Å². The number of ether oxygens (including phenoxy) is 1. The van der Waals surface area contributed by atoms with Crippen molar-refractivity contribution in [1.29, 1.82) is 0 Å². The molecule has 0 heterocycles. The Balaban J connectivity index is 2.93. The summed E-state index contributed by atoms with van der Waals surface area (Å²) in [6.07, 6.45) is 2.10. The minimum Gasteiger partial charge on any atom is -0.507 e. The normalized spacial score (nSPS) is 9.94. The Morgan fingerprint density at radius 2 is 1.83 bits per heavy atom. The van der Waals surface area contributed by atoms with Gasteiger partial charge in [0, 0.05) is 18.6 Å². The molecule has 2 N–H and O–H groups in total. The number of benzene rings is 1. The van der Waals surface area contributed by atoms with Gasteiger partial charge in [0.2, 0.25) is 0 Å². The molecule has 98 valence electrons. The van der Waals surface area contributed by atoms with Crippen LogP contribution in [0, 0.1) is 0 Å². The molecule has 1 aromatic rings. The third kappa shape index (κ3) is 3.52. The van der Waals surface area contributed by atoms with E-state index in [0.29, 0.717) is 12.4 Å². The molecule has 0 unspecified atom stereocenters. The summed E-state index contributed by atoms with van der Waals surface area (Å²) in [7, 11) is 0. The molecule has 0 fully saturated rings. The second-order valence-electron chi connectivity index (χ2n) is 4.21. The van der Waals surface area contributed by atoms with Gasteiger partial charge in [0.1, 0.15) is 29.4 Å². The van der Waals surface area contributed by atoms with Crippen molar-refractivity contribution in [2.45, 2.75) is 27.2 Å². The van der Waals surface area contributed by atoms with Crippen LogP contribution in [0.15, 0.2) is 23.8 Å². The van der Waals surface area contributed by atoms with Gasteiger partial charge in [0.15, 0.2) is 5.78 Å². The molecular formula is C14H18O4. The van der Waals surface area contributed by atoms with Crippen molar-refractivity contribution in [2.24, 2.45) is 0 Å². The highest BCUT2D eigenvalue weighted by Crippen LogP contribution is 2.33. The second-order valence-corrected chi connectivity index (χ2v) is 4.21. The zero-order valence-corrected chi connectivity index (χ0v) is 10.9. The van der Waals surface area contributed by atoms with Gasteiger partial charge in [0.05, 0.1) is 0 Å². The van der Waals surface area contributed by atoms with Gasteiger partial charge >= 0.3 is 0 Å². The average molecular weight is 250 g/mol. The van der Waals surface area contributed by atoms with Gasteiger partial charge in [-0.3, -0.25) is 4.79 Å². The number of phenols is 2. The van der Waals surface area contributed by atoms with Gasteiger partial charge in [-0.25, -0.2) is 0 Å². The number of ketones is 1. The van der Waals surface area contributed by atoms with Crippen LogP contribution in [-0.2, 0) is 0 Å². The molecule has 0 aliphatic heterocycles. The van der Waals surface area contributed by atoms with Crippen molar-refractivity contribution in [1.82, 2.24) is 0 Å². The molecule has 18 heavy (non-hydrogen) atoms. The fourth-order valence-corrected chi connectivity index (χ4v) is 1.44. The highest BCUT2D eigenvalue weighted by Gasteiger charge is 2.16. The zero-order valence-electron chi connectivity index (χ0n) is 10.9. The van der Waals surface area contributed by atoms with Crippen LogP contribution in [0.25, 0.3) is 0 Å². The largest absolute Gasteiger partial charge is 0.507 e. The summed E-state index contributed by atoms with van der Waals surface area (Å²) >= 11 is 0. The van der Waals surface area contributed by atoms with Crippen molar-refractivity contribution in [3.8, 4) is 17.2 Å². The minimum atomic E-state index is -0.305. The summed E-state index contributed by atoms with van der Waals surface area (Å²) < 4.78 is 5.34. The first-order valence-electron chi connectivity index (χ1n) is 5.81. The van der Waals surface area contributed by atoms with Gasteiger partial charge < -0.3 is 14.9 Å². The predicted octanol–water partition coefficient (Wildman–Crippen LogP) is 3.04. The second kappa shape index (κ2) is 6.10. The van der Waals surface area contributed by atoms with E-state index in [4.69, 9.17) is 4.74 Å². The number of carbonyl (C=O) groups is 1. The maximum absolute atomic E-state index is 11.5. The number of rotatable bonds is 5. The number of aromatic hydroxyl groups is 2. The van der Waals surface area contributed by atoms with Crippen molar-refractivity contribution >= 4 is 5.78 Å². The van der Waals surface area contributed by atoms with Crippen molar-refractivity contribution in [2.75, 3.05) is 6.61 Å². The van der Waals surface area contributed by atoms with Crippen LogP contribution in [0.1, 0.15) is 37.6 Å². The molecule has 4 nitrogen and oxygen atoms in total. The van der Waals surface area contributed by atoms with E-state index in [1.54, 1.807) is 6.92 Å². The Morgan fingerprint density at radius 3 is 2.28 bits per heavy atom. The summed E-state index contributed by atoms with van der Waals surface area (Å²) in [6, 6.07) is 2.67. The molecule has 0 spiro atoms. The Hall–Kier alpha value is -1.97. The SMILES string of the molecule is CCC(=O)c1c(O)cc(OCC=C(C)C)cc1O. The summed E-state index contributed by atoms with van der Waals surface area (Å²) in [5, 5.41) is 19.4. The van der Waals surface area contributed by atoms with E-state index in [1.807, 2.05) is 19.9 Å². The van der Waals surface area contributed by atoms with Gasteiger partial charge in [-0.15, -0.1) is 0 Å². The van der Waals surface area contributed by atoms with Crippen LogP contribution in [0.5, 0.6) is 17.2 Å². The first kappa shape index (κ1) is 14.1. The highest BCUT2D eigenvalue weighted by molar-refractivity contribution is 6.01. The van der Waals surface area contributed by atoms with Crippen LogP contribution in [-0.4, -0.2) is 22.6 Å². The van der Waals surface area contributed by atoms with E-state index in [0.717, 1.165) is 5.57 Å². The average Bonchev–Trinajstić information content (AvgIpc) is 2.27. The Kier molecular flexibility index (Phi) is 4.77. The van der Waals surface area contributed by atoms with Gasteiger partial charge in [-0.1, -0.05) is 12.5 Å². The standard InChI is InChI=1S/C14H18O4/c1-4-11(15)14-12(16)7-10(8-13(14)17)18-6-5-9(2)3/h5,7-8,16-17H,4,6H2,1-3H3. The molecule has 0 aliphatic carbocycles. The molecule has 1 rings (SSSR count). The van der Waals surface area contributed by atoms with Crippen LogP contribution >= 0.6 is 0 Å². The van der Waals surface area contributed by atoms with Gasteiger partial charge in [-0.05, 0) is 19.9 Å². The zero-order chi connectivity index (χ0) is 13.7. The third-order valence-electron chi connectivity index (χ3n) is 2.41. The smallest absolute Gasteiger partial charge is 0.170 e. The lowest BCUT2D eigenvalue weighted by Gasteiger charge is -2.09. The maximum atomic E-state index is 11.5. The first-order valence-corrected chi connectivity index (χ1v) is 5.81. The topological polar surface area (TPSA) is 66.8 Å².